The highest BCUT2D eigenvalue weighted by molar-refractivity contribution is 5.95. The van der Waals surface area contributed by atoms with Crippen LogP contribution >= 0.6 is 0 Å². The van der Waals surface area contributed by atoms with Gasteiger partial charge in [-0.3, -0.25) is 4.99 Å². The van der Waals surface area contributed by atoms with Gasteiger partial charge in [0.25, 0.3) is 0 Å². The fourth-order valence-electron chi connectivity index (χ4n) is 1.08. The molecule has 0 aliphatic rings. The van der Waals surface area contributed by atoms with Crippen LogP contribution in [0.25, 0.3) is 0 Å². The van der Waals surface area contributed by atoms with Crippen molar-refractivity contribution in [3.8, 4) is 0 Å². The minimum atomic E-state index is -0.274. The second kappa shape index (κ2) is 5.26. The number of benzene rings is 1. The van der Waals surface area contributed by atoms with E-state index in [1.54, 1.807) is 18.2 Å². The predicted octanol–water partition coefficient (Wildman–Crippen LogP) is 1.72. The van der Waals surface area contributed by atoms with Crippen molar-refractivity contribution in [2.45, 2.75) is 6.92 Å². The Morgan fingerprint density at radius 1 is 1.40 bits per heavy atom. The Kier molecular flexibility index (Phi) is 4.00. The van der Waals surface area contributed by atoms with Gasteiger partial charge in [0.1, 0.15) is 5.82 Å². The van der Waals surface area contributed by atoms with Crippen molar-refractivity contribution in [2.24, 2.45) is 16.5 Å². The van der Waals surface area contributed by atoms with Crippen LogP contribution in [0.2, 0.25) is 0 Å². The number of hydrogen-bond acceptors (Lipinski definition) is 3. The van der Waals surface area contributed by atoms with Gasteiger partial charge in [-0.2, -0.15) is 0 Å². The molecular formula is C11H14FN3. The Labute approximate surface area is 88.3 Å². The lowest BCUT2D eigenvalue weighted by Gasteiger charge is -1.97. The molecule has 1 rings (SSSR count). The van der Waals surface area contributed by atoms with E-state index in [1.807, 2.05) is 6.92 Å². The number of aliphatic imine (C=N–C) groups is 1. The first-order valence-corrected chi connectivity index (χ1v) is 4.59. The second-order valence-electron chi connectivity index (χ2n) is 3.15. The Hall–Kier alpha value is -1.68. The van der Waals surface area contributed by atoms with Crippen LogP contribution in [0.4, 0.5) is 10.1 Å². The van der Waals surface area contributed by atoms with E-state index in [4.69, 9.17) is 11.5 Å². The van der Waals surface area contributed by atoms with Crippen molar-refractivity contribution in [3.63, 3.8) is 0 Å². The minimum absolute atomic E-state index is 0.274. The van der Waals surface area contributed by atoms with Crippen LogP contribution < -0.4 is 11.5 Å². The van der Waals surface area contributed by atoms with Gasteiger partial charge in [-0.15, -0.1) is 0 Å². The van der Waals surface area contributed by atoms with Gasteiger partial charge in [0.05, 0.1) is 5.69 Å². The predicted molar refractivity (Wildman–Crippen MR) is 60.5 cm³/mol. The summed E-state index contributed by atoms with van der Waals surface area (Å²) in [5.41, 5.74) is 12.9. The normalized spacial score (nSPS) is 13.0. The zero-order valence-electron chi connectivity index (χ0n) is 8.57. The van der Waals surface area contributed by atoms with E-state index >= 15 is 0 Å². The van der Waals surface area contributed by atoms with Crippen LogP contribution in [0.15, 0.2) is 41.0 Å². The molecule has 4 N–H and O–H groups in total. The Bertz CT molecular complexity index is 379. The van der Waals surface area contributed by atoms with E-state index in [9.17, 15) is 4.39 Å². The first kappa shape index (κ1) is 11.4. The number of hydrogen-bond donors (Lipinski definition) is 2. The quantitative estimate of drug-likeness (QED) is 0.741. The first-order valence-electron chi connectivity index (χ1n) is 4.59. The summed E-state index contributed by atoms with van der Waals surface area (Å²) >= 11 is 0. The van der Waals surface area contributed by atoms with E-state index < -0.39 is 0 Å². The van der Waals surface area contributed by atoms with Crippen molar-refractivity contribution in [1.29, 1.82) is 0 Å². The maximum atomic E-state index is 12.6. The Balaban J connectivity index is 2.83. The molecule has 0 unspecified atom stereocenters. The third-order valence-corrected chi connectivity index (χ3v) is 1.76. The van der Waals surface area contributed by atoms with Gasteiger partial charge < -0.3 is 11.5 Å². The van der Waals surface area contributed by atoms with E-state index in [0.29, 0.717) is 17.9 Å². The lowest BCUT2D eigenvalue weighted by Crippen LogP contribution is -2.12. The fourth-order valence-corrected chi connectivity index (χ4v) is 1.08. The smallest absolute Gasteiger partial charge is 0.123 e. The molecule has 0 aromatic heterocycles. The highest BCUT2D eigenvalue weighted by Crippen LogP contribution is 2.12. The van der Waals surface area contributed by atoms with Gasteiger partial charge in [-0.05, 0) is 37.3 Å². The number of nitrogens with zero attached hydrogens (tertiary/aromatic N) is 1. The Morgan fingerprint density at radius 3 is 2.53 bits per heavy atom. The maximum absolute atomic E-state index is 12.6. The van der Waals surface area contributed by atoms with Crippen LogP contribution in [0, 0.1) is 5.82 Å². The molecule has 0 radical (unpaired) electrons. The number of halogens is 1. The van der Waals surface area contributed by atoms with Gasteiger partial charge in [0, 0.05) is 18.0 Å². The van der Waals surface area contributed by atoms with Crippen molar-refractivity contribution < 1.29 is 4.39 Å². The van der Waals surface area contributed by atoms with Crippen LogP contribution in [0.1, 0.15) is 6.92 Å². The molecule has 3 nitrogen and oxygen atoms in total. The van der Waals surface area contributed by atoms with Gasteiger partial charge in [0.2, 0.25) is 0 Å². The van der Waals surface area contributed by atoms with E-state index in [1.165, 1.54) is 12.1 Å². The van der Waals surface area contributed by atoms with Crippen LogP contribution in [0.3, 0.4) is 0 Å². The van der Waals surface area contributed by atoms with Gasteiger partial charge in [0.15, 0.2) is 0 Å². The standard InChI is InChI=1S/C11H14FN3/c1-8(6-10(14)7-13)15-11-4-2-9(12)3-5-11/h2-6H,7,13-14H2,1H3/b10-6-,15-8?. The molecule has 0 saturated carbocycles. The zero-order valence-corrected chi connectivity index (χ0v) is 8.57. The molecule has 0 fully saturated rings. The molecule has 15 heavy (non-hydrogen) atoms. The second-order valence-corrected chi connectivity index (χ2v) is 3.15. The van der Waals surface area contributed by atoms with Crippen molar-refractivity contribution in [2.75, 3.05) is 6.54 Å². The van der Waals surface area contributed by atoms with Crippen LogP contribution in [-0.4, -0.2) is 12.3 Å². The lowest BCUT2D eigenvalue weighted by molar-refractivity contribution is 0.628. The molecule has 0 saturated heterocycles. The molecule has 0 aliphatic carbocycles. The minimum Gasteiger partial charge on any atom is -0.401 e. The van der Waals surface area contributed by atoms with E-state index in [0.717, 1.165) is 5.71 Å². The summed E-state index contributed by atoms with van der Waals surface area (Å²) in [6.07, 6.45) is 1.70. The molecule has 0 amide bonds. The highest BCUT2D eigenvalue weighted by atomic mass is 19.1. The molecule has 0 bridgehead atoms. The number of nitrogens with two attached hydrogens (primary N) is 2. The molecule has 80 valence electrons. The zero-order chi connectivity index (χ0) is 11.3. The number of rotatable bonds is 3. The summed E-state index contributed by atoms with van der Waals surface area (Å²) in [5.74, 6) is -0.274. The summed E-state index contributed by atoms with van der Waals surface area (Å²) in [7, 11) is 0. The molecule has 0 spiro atoms. The summed E-state index contributed by atoms with van der Waals surface area (Å²) in [5, 5.41) is 0. The van der Waals surface area contributed by atoms with Crippen molar-refractivity contribution in [1.82, 2.24) is 0 Å². The topological polar surface area (TPSA) is 64.4 Å². The summed E-state index contributed by atoms with van der Waals surface area (Å²) in [4.78, 5) is 4.23. The van der Waals surface area contributed by atoms with Gasteiger partial charge in [-0.25, -0.2) is 4.39 Å². The Morgan fingerprint density at radius 2 is 2.00 bits per heavy atom. The molecule has 0 aliphatic heterocycles. The fraction of sp³-hybridized carbons (Fsp3) is 0.182. The number of allylic oxidation sites excluding steroid dienone is 1. The van der Waals surface area contributed by atoms with Gasteiger partial charge >= 0.3 is 0 Å². The maximum Gasteiger partial charge on any atom is 0.123 e. The summed E-state index contributed by atoms with van der Waals surface area (Å²) in [6.45, 7) is 2.11. The van der Waals surface area contributed by atoms with Crippen LogP contribution in [-0.2, 0) is 0 Å². The average molecular weight is 207 g/mol. The molecule has 4 heteroatoms. The summed E-state index contributed by atoms with van der Waals surface area (Å²) in [6, 6.07) is 5.93. The molecule has 0 atom stereocenters. The van der Waals surface area contributed by atoms with E-state index in [-0.39, 0.29) is 5.82 Å². The monoisotopic (exact) mass is 207 g/mol. The third kappa shape index (κ3) is 3.91. The van der Waals surface area contributed by atoms with E-state index in [2.05, 4.69) is 4.99 Å². The molecular weight excluding hydrogens is 193 g/mol. The van der Waals surface area contributed by atoms with Crippen molar-refractivity contribution in [3.05, 3.63) is 41.9 Å². The lowest BCUT2D eigenvalue weighted by atomic mass is 10.3. The molecule has 0 heterocycles. The van der Waals surface area contributed by atoms with Crippen LogP contribution in [0.5, 0.6) is 0 Å². The first-order chi connectivity index (χ1) is 7.11. The molecule has 1 aromatic carbocycles. The van der Waals surface area contributed by atoms with Crippen molar-refractivity contribution >= 4 is 11.4 Å². The highest BCUT2D eigenvalue weighted by Gasteiger charge is 1.92. The SMILES string of the molecule is CC(/C=C(\N)CN)=Nc1ccc(F)cc1. The summed E-state index contributed by atoms with van der Waals surface area (Å²) < 4.78 is 12.6. The third-order valence-electron chi connectivity index (χ3n) is 1.76. The average Bonchev–Trinajstić information content (AvgIpc) is 2.21. The van der Waals surface area contributed by atoms with Gasteiger partial charge in [-0.1, -0.05) is 0 Å². The molecule has 1 aromatic rings. The largest absolute Gasteiger partial charge is 0.401 e.